The first-order valence-electron chi connectivity index (χ1n) is 9.27. The van der Waals surface area contributed by atoms with Crippen molar-refractivity contribution >= 4 is 33.7 Å². The molecule has 1 aliphatic rings. The molecule has 1 atom stereocenters. The van der Waals surface area contributed by atoms with E-state index < -0.39 is 11.5 Å². The Labute approximate surface area is 172 Å². The molecule has 1 aromatic heterocycles. The lowest BCUT2D eigenvalue weighted by atomic mass is 9.96. The van der Waals surface area contributed by atoms with E-state index in [1.807, 2.05) is 38.1 Å². The number of rotatable bonds is 6. The number of carboxylic acids is 1. The van der Waals surface area contributed by atoms with Crippen LogP contribution >= 0.6 is 11.8 Å². The monoisotopic (exact) mass is 412 g/mol. The Hall–Kier alpha value is -2.80. The summed E-state index contributed by atoms with van der Waals surface area (Å²) >= 11 is 1.41. The first kappa shape index (κ1) is 19.5. The number of H-pyrrole nitrogens is 1. The SMILES string of the molecule is Cc1ccc(C)c(OCC2=NC(Cc3cc4ccc(F)cc4[nH]3)(C(=O)O)CS2)c1. The quantitative estimate of drug-likeness (QED) is 0.625. The van der Waals surface area contributed by atoms with Gasteiger partial charge in [-0.05, 0) is 60.7 Å². The molecule has 150 valence electrons. The van der Waals surface area contributed by atoms with Crippen LogP contribution in [0.15, 0.2) is 47.5 Å². The standard InChI is InChI=1S/C22H21FN2O3S/c1-13-3-4-14(2)19(7-13)28-11-20-25-22(12-29-20,21(26)27)10-17-8-15-5-6-16(23)9-18(15)24-17/h3-9,24H,10-12H2,1-2H3,(H,26,27). The number of aryl methyl sites for hydroxylation is 2. The van der Waals surface area contributed by atoms with Crippen LogP contribution in [0.25, 0.3) is 10.9 Å². The molecule has 2 aromatic carbocycles. The number of hydrogen-bond acceptors (Lipinski definition) is 4. The first-order valence-corrected chi connectivity index (χ1v) is 10.3. The molecule has 0 aliphatic carbocycles. The van der Waals surface area contributed by atoms with Gasteiger partial charge < -0.3 is 14.8 Å². The number of aliphatic carboxylic acids is 1. The van der Waals surface area contributed by atoms with E-state index in [1.165, 1.54) is 23.9 Å². The van der Waals surface area contributed by atoms with Gasteiger partial charge in [-0.2, -0.15) is 0 Å². The zero-order chi connectivity index (χ0) is 20.6. The summed E-state index contributed by atoms with van der Waals surface area (Å²) in [5, 5.41) is 11.4. The third-order valence-electron chi connectivity index (χ3n) is 5.03. The molecule has 7 heteroatoms. The minimum Gasteiger partial charge on any atom is -0.486 e. The number of carbonyl (C=O) groups is 1. The van der Waals surface area contributed by atoms with Crippen LogP contribution in [0.3, 0.4) is 0 Å². The van der Waals surface area contributed by atoms with Crippen molar-refractivity contribution in [2.75, 3.05) is 12.4 Å². The van der Waals surface area contributed by atoms with Crippen LogP contribution in [0.5, 0.6) is 5.75 Å². The van der Waals surface area contributed by atoms with Gasteiger partial charge in [0.25, 0.3) is 0 Å². The van der Waals surface area contributed by atoms with Crippen LogP contribution in [0.2, 0.25) is 0 Å². The average molecular weight is 412 g/mol. The van der Waals surface area contributed by atoms with Crippen molar-refractivity contribution in [1.29, 1.82) is 0 Å². The maximum Gasteiger partial charge on any atom is 0.332 e. The summed E-state index contributed by atoms with van der Waals surface area (Å²) < 4.78 is 19.3. The number of thioether (sulfide) groups is 1. The van der Waals surface area contributed by atoms with Crippen LogP contribution in [0.4, 0.5) is 4.39 Å². The van der Waals surface area contributed by atoms with Crippen molar-refractivity contribution in [3.8, 4) is 5.75 Å². The molecule has 0 amide bonds. The summed E-state index contributed by atoms with van der Waals surface area (Å²) in [6.45, 7) is 4.20. The second-order valence-electron chi connectivity index (χ2n) is 7.39. The number of nitrogens with one attached hydrogen (secondary N) is 1. The van der Waals surface area contributed by atoms with Crippen molar-refractivity contribution in [1.82, 2.24) is 4.98 Å². The van der Waals surface area contributed by atoms with Crippen molar-refractivity contribution < 1.29 is 19.0 Å². The topological polar surface area (TPSA) is 74.7 Å². The Balaban J connectivity index is 1.54. The van der Waals surface area contributed by atoms with Crippen LogP contribution < -0.4 is 4.74 Å². The molecule has 0 bridgehead atoms. The molecule has 0 radical (unpaired) electrons. The molecule has 0 fully saturated rings. The Bertz CT molecular complexity index is 1120. The number of aliphatic imine (C=N–C) groups is 1. The normalized spacial score (nSPS) is 18.8. The van der Waals surface area contributed by atoms with Crippen LogP contribution in [0, 0.1) is 19.7 Å². The highest BCUT2D eigenvalue weighted by atomic mass is 32.2. The van der Waals surface area contributed by atoms with Crippen LogP contribution in [-0.2, 0) is 11.2 Å². The molecule has 0 saturated heterocycles. The number of hydrogen-bond donors (Lipinski definition) is 2. The molecular weight excluding hydrogens is 391 g/mol. The Morgan fingerprint density at radius 3 is 2.90 bits per heavy atom. The van der Waals surface area contributed by atoms with E-state index in [2.05, 4.69) is 9.98 Å². The van der Waals surface area contributed by atoms with Gasteiger partial charge >= 0.3 is 5.97 Å². The summed E-state index contributed by atoms with van der Waals surface area (Å²) in [6.07, 6.45) is 0.207. The van der Waals surface area contributed by atoms with Gasteiger partial charge in [0.15, 0.2) is 5.54 Å². The lowest BCUT2D eigenvalue weighted by Gasteiger charge is -2.19. The molecule has 29 heavy (non-hydrogen) atoms. The van der Waals surface area contributed by atoms with Crippen LogP contribution in [0.1, 0.15) is 16.8 Å². The fraction of sp³-hybridized carbons (Fsp3) is 0.273. The molecule has 3 aromatic rings. The molecule has 5 nitrogen and oxygen atoms in total. The zero-order valence-corrected chi connectivity index (χ0v) is 17.0. The number of fused-ring (bicyclic) bond motifs is 1. The van der Waals surface area contributed by atoms with Crippen molar-refractivity contribution in [3.05, 3.63) is 65.1 Å². The summed E-state index contributed by atoms with van der Waals surface area (Å²) in [5.74, 6) is -0.202. The van der Waals surface area contributed by atoms with E-state index in [0.717, 1.165) is 22.3 Å². The Kier molecular flexibility index (Phi) is 5.08. The molecular formula is C22H21FN2O3S. The number of carboxylic acid groups (broad SMARTS) is 1. The molecule has 4 rings (SSSR count). The van der Waals surface area contributed by atoms with Gasteiger partial charge in [0.2, 0.25) is 0 Å². The van der Waals surface area contributed by atoms with E-state index in [9.17, 15) is 14.3 Å². The Morgan fingerprint density at radius 2 is 2.10 bits per heavy atom. The van der Waals surface area contributed by atoms with Gasteiger partial charge in [-0.3, -0.25) is 4.99 Å². The fourth-order valence-electron chi connectivity index (χ4n) is 3.43. The Morgan fingerprint density at radius 1 is 1.28 bits per heavy atom. The van der Waals surface area contributed by atoms with E-state index in [-0.39, 0.29) is 18.8 Å². The van der Waals surface area contributed by atoms with E-state index in [1.54, 1.807) is 6.07 Å². The number of ether oxygens (including phenoxy) is 1. The lowest BCUT2D eigenvalue weighted by Crippen LogP contribution is -2.39. The average Bonchev–Trinajstić information content (AvgIpc) is 3.26. The fourth-order valence-corrected chi connectivity index (χ4v) is 4.50. The maximum atomic E-state index is 13.4. The van der Waals surface area contributed by atoms with Gasteiger partial charge in [-0.25, -0.2) is 9.18 Å². The van der Waals surface area contributed by atoms with Gasteiger partial charge in [-0.15, -0.1) is 11.8 Å². The number of aromatic nitrogens is 1. The number of nitrogens with zero attached hydrogens (tertiary/aromatic N) is 1. The smallest absolute Gasteiger partial charge is 0.332 e. The highest BCUT2D eigenvalue weighted by Gasteiger charge is 2.43. The minimum absolute atomic E-state index is 0.207. The predicted octanol–water partition coefficient (Wildman–Crippen LogP) is 4.51. The molecule has 1 unspecified atom stereocenters. The molecule has 0 saturated carbocycles. The third kappa shape index (κ3) is 4.00. The van der Waals surface area contributed by atoms with Crippen molar-refractivity contribution in [2.24, 2.45) is 4.99 Å². The van der Waals surface area contributed by atoms with Gasteiger partial charge in [0.05, 0.1) is 0 Å². The molecule has 2 N–H and O–H groups in total. The summed E-state index contributed by atoms with van der Waals surface area (Å²) in [4.78, 5) is 19.7. The highest BCUT2D eigenvalue weighted by Crippen LogP contribution is 2.33. The third-order valence-corrected chi connectivity index (χ3v) is 6.20. The molecule has 0 spiro atoms. The van der Waals surface area contributed by atoms with Gasteiger partial charge in [0.1, 0.15) is 23.2 Å². The number of benzene rings is 2. The number of halogens is 1. The maximum absolute atomic E-state index is 13.4. The van der Waals surface area contributed by atoms with Crippen LogP contribution in [-0.4, -0.2) is 39.0 Å². The van der Waals surface area contributed by atoms with E-state index >= 15 is 0 Å². The minimum atomic E-state index is -1.26. The lowest BCUT2D eigenvalue weighted by molar-refractivity contribution is -0.142. The second-order valence-corrected chi connectivity index (χ2v) is 8.44. The van der Waals surface area contributed by atoms with E-state index in [4.69, 9.17) is 4.74 Å². The second kappa shape index (κ2) is 7.55. The van der Waals surface area contributed by atoms with Crippen molar-refractivity contribution in [3.63, 3.8) is 0 Å². The van der Waals surface area contributed by atoms with Gasteiger partial charge in [0, 0.05) is 23.4 Å². The molecule has 2 heterocycles. The summed E-state index contributed by atoms with van der Waals surface area (Å²) in [5.41, 5.74) is 2.23. The highest BCUT2D eigenvalue weighted by molar-refractivity contribution is 8.14. The van der Waals surface area contributed by atoms with E-state index in [0.29, 0.717) is 22.0 Å². The molecule has 1 aliphatic heterocycles. The zero-order valence-electron chi connectivity index (χ0n) is 16.2. The largest absolute Gasteiger partial charge is 0.486 e. The summed E-state index contributed by atoms with van der Waals surface area (Å²) in [7, 11) is 0. The predicted molar refractivity (Wildman–Crippen MR) is 114 cm³/mol. The summed E-state index contributed by atoms with van der Waals surface area (Å²) in [6, 6.07) is 12.3. The number of aromatic amines is 1. The van der Waals surface area contributed by atoms with Gasteiger partial charge in [-0.1, -0.05) is 12.1 Å². The first-order chi connectivity index (χ1) is 13.8. The van der Waals surface area contributed by atoms with Crippen molar-refractivity contribution in [2.45, 2.75) is 25.8 Å².